The number of anilines is 3. The molecule has 0 spiro atoms. The molecule has 8 nitrogen and oxygen atoms in total. The SMILES string of the molecule is CNCCNC(=O)c1ccc(Nc2ncc3c(n2)-c2ccccc2NC(=O)C3)cc1. The van der Waals surface area contributed by atoms with Crippen LogP contribution in [0.5, 0.6) is 0 Å². The monoisotopic (exact) mass is 402 g/mol. The van der Waals surface area contributed by atoms with Gasteiger partial charge in [-0.15, -0.1) is 0 Å². The van der Waals surface area contributed by atoms with Crippen LogP contribution in [0.4, 0.5) is 17.3 Å². The molecule has 2 amide bonds. The average Bonchev–Trinajstić information content (AvgIpc) is 2.89. The van der Waals surface area contributed by atoms with Gasteiger partial charge < -0.3 is 21.3 Å². The highest BCUT2D eigenvalue weighted by Gasteiger charge is 2.20. The summed E-state index contributed by atoms with van der Waals surface area (Å²) < 4.78 is 0. The third kappa shape index (κ3) is 4.28. The van der Waals surface area contributed by atoms with Gasteiger partial charge in [0.1, 0.15) is 0 Å². The van der Waals surface area contributed by atoms with Crippen molar-refractivity contribution in [2.24, 2.45) is 0 Å². The van der Waals surface area contributed by atoms with Gasteiger partial charge in [0.2, 0.25) is 11.9 Å². The van der Waals surface area contributed by atoms with Crippen LogP contribution < -0.4 is 21.3 Å². The number of amides is 2. The highest BCUT2D eigenvalue weighted by atomic mass is 16.2. The van der Waals surface area contributed by atoms with Crippen molar-refractivity contribution < 1.29 is 9.59 Å². The Morgan fingerprint density at radius 1 is 1.10 bits per heavy atom. The number of rotatable bonds is 6. The van der Waals surface area contributed by atoms with Gasteiger partial charge in [-0.05, 0) is 37.4 Å². The Morgan fingerprint density at radius 3 is 2.70 bits per heavy atom. The molecule has 0 saturated heterocycles. The molecule has 0 aliphatic carbocycles. The van der Waals surface area contributed by atoms with Gasteiger partial charge in [0, 0.05) is 41.7 Å². The van der Waals surface area contributed by atoms with Gasteiger partial charge in [-0.25, -0.2) is 9.97 Å². The average molecular weight is 402 g/mol. The van der Waals surface area contributed by atoms with Crippen LogP contribution in [0.25, 0.3) is 11.3 Å². The van der Waals surface area contributed by atoms with E-state index in [2.05, 4.69) is 31.2 Å². The number of nitrogens with zero attached hydrogens (tertiary/aromatic N) is 2. The molecule has 1 aromatic heterocycles. The number of hydrogen-bond donors (Lipinski definition) is 4. The van der Waals surface area contributed by atoms with Crippen molar-refractivity contribution in [1.29, 1.82) is 0 Å². The van der Waals surface area contributed by atoms with E-state index in [0.717, 1.165) is 28.2 Å². The first-order valence-electron chi connectivity index (χ1n) is 9.69. The standard InChI is InChI=1S/C22H22N6O2/c1-23-10-11-24-21(30)14-6-8-16(9-7-14)26-22-25-13-15-12-19(29)27-18-5-3-2-4-17(18)20(15)28-22/h2-9,13,23H,10-12H2,1H3,(H,24,30)(H,27,29)(H,25,26,28). The van der Waals surface area contributed by atoms with Crippen molar-refractivity contribution in [3.63, 3.8) is 0 Å². The lowest BCUT2D eigenvalue weighted by molar-refractivity contribution is -0.115. The number of likely N-dealkylation sites (N-methyl/N-ethyl adjacent to an activating group) is 1. The molecule has 2 aromatic carbocycles. The predicted molar refractivity (Wildman–Crippen MR) is 116 cm³/mol. The second kappa shape index (κ2) is 8.71. The minimum absolute atomic E-state index is 0.0888. The van der Waals surface area contributed by atoms with Crippen molar-refractivity contribution in [1.82, 2.24) is 20.6 Å². The fraction of sp³-hybridized carbons (Fsp3) is 0.182. The first-order chi connectivity index (χ1) is 14.6. The Bertz CT molecular complexity index is 1080. The van der Waals surface area contributed by atoms with E-state index in [1.54, 1.807) is 30.5 Å². The summed E-state index contributed by atoms with van der Waals surface area (Å²) in [5.74, 6) is 0.213. The summed E-state index contributed by atoms with van der Waals surface area (Å²) >= 11 is 0. The number of benzene rings is 2. The molecule has 1 aliphatic rings. The summed E-state index contributed by atoms with van der Waals surface area (Å²) in [6, 6.07) is 14.7. The van der Waals surface area contributed by atoms with Crippen molar-refractivity contribution in [2.75, 3.05) is 30.8 Å². The van der Waals surface area contributed by atoms with Gasteiger partial charge in [0.05, 0.1) is 17.8 Å². The molecule has 8 heteroatoms. The Kier molecular flexibility index (Phi) is 5.67. The molecule has 0 saturated carbocycles. The summed E-state index contributed by atoms with van der Waals surface area (Å²) in [6.45, 7) is 1.28. The van der Waals surface area contributed by atoms with E-state index in [9.17, 15) is 9.59 Å². The Labute approximate surface area is 174 Å². The fourth-order valence-corrected chi connectivity index (χ4v) is 3.23. The summed E-state index contributed by atoms with van der Waals surface area (Å²) in [5, 5.41) is 11.9. The van der Waals surface area contributed by atoms with E-state index in [-0.39, 0.29) is 18.2 Å². The molecule has 0 radical (unpaired) electrons. The number of aromatic nitrogens is 2. The van der Waals surface area contributed by atoms with E-state index in [1.807, 2.05) is 31.3 Å². The molecule has 152 valence electrons. The normalized spacial score (nSPS) is 12.2. The van der Waals surface area contributed by atoms with Crippen LogP contribution in [0.1, 0.15) is 15.9 Å². The third-order valence-corrected chi connectivity index (χ3v) is 4.74. The van der Waals surface area contributed by atoms with Crippen molar-refractivity contribution in [3.05, 3.63) is 65.9 Å². The van der Waals surface area contributed by atoms with E-state index in [1.165, 1.54) is 0 Å². The minimum Gasteiger partial charge on any atom is -0.351 e. The topological polar surface area (TPSA) is 108 Å². The molecule has 0 bridgehead atoms. The maximum absolute atomic E-state index is 12.1. The summed E-state index contributed by atoms with van der Waals surface area (Å²) in [7, 11) is 1.84. The number of nitrogens with one attached hydrogen (secondary N) is 4. The molecule has 2 heterocycles. The van der Waals surface area contributed by atoms with E-state index in [4.69, 9.17) is 0 Å². The molecular weight excluding hydrogens is 380 g/mol. The van der Waals surface area contributed by atoms with Gasteiger partial charge in [-0.3, -0.25) is 9.59 Å². The van der Waals surface area contributed by atoms with Crippen molar-refractivity contribution >= 4 is 29.1 Å². The minimum atomic E-state index is -0.119. The number of fused-ring (bicyclic) bond motifs is 3. The van der Waals surface area contributed by atoms with Crippen LogP contribution >= 0.6 is 0 Å². The molecule has 0 atom stereocenters. The van der Waals surface area contributed by atoms with Crippen LogP contribution in [0.3, 0.4) is 0 Å². The summed E-state index contributed by atoms with van der Waals surface area (Å²) in [5.41, 5.74) is 4.44. The van der Waals surface area contributed by atoms with Crippen molar-refractivity contribution in [2.45, 2.75) is 6.42 Å². The fourth-order valence-electron chi connectivity index (χ4n) is 3.23. The van der Waals surface area contributed by atoms with Crippen LogP contribution in [-0.2, 0) is 11.2 Å². The summed E-state index contributed by atoms with van der Waals surface area (Å²) in [6.07, 6.45) is 1.90. The van der Waals surface area contributed by atoms with Crippen LogP contribution in [0.2, 0.25) is 0 Å². The van der Waals surface area contributed by atoms with Crippen LogP contribution in [0, 0.1) is 0 Å². The number of carbonyl (C=O) groups is 2. The number of hydrogen-bond acceptors (Lipinski definition) is 6. The number of para-hydroxylation sites is 1. The molecule has 30 heavy (non-hydrogen) atoms. The maximum Gasteiger partial charge on any atom is 0.251 e. The molecule has 1 aliphatic heterocycles. The number of carbonyl (C=O) groups excluding carboxylic acids is 2. The largest absolute Gasteiger partial charge is 0.351 e. The second-order valence-corrected chi connectivity index (χ2v) is 6.90. The first-order valence-corrected chi connectivity index (χ1v) is 9.69. The highest BCUT2D eigenvalue weighted by molar-refractivity contribution is 6.00. The van der Waals surface area contributed by atoms with Crippen LogP contribution in [0.15, 0.2) is 54.7 Å². The van der Waals surface area contributed by atoms with Gasteiger partial charge >= 0.3 is 0 Å². The molecular formula is C22H22N6O2. The van der Waals surface area contributed by atoms with E-state index >= 15 is 0 Å². The lowest BCUT2D eigenvalue weighted by Crippen LogP contribution is -2.30. The lowest BCUT2D eigenvalue weighted by Gasteiger charge is -2.11. The molecule has 4 rings (SSSR count). The highest BCUT2D eigenvalue weighted by Crippen LogP contribution is 2.32. The first kappa shape index (κ1) is 19.5. The zero-order valence-corrected chi connectivity index (χ0v) is 16.5. The molecule has 0 fully saturated rings. The predicted octanol–water partition coefficient (Wildman–Crippen LogP) is 2.33. The zero-order chi connectivity index (χ0) is 20.9. The third-order valence-electron chi connectivity index (χ3n) is 4.74. The Hall–Kier alpha value is -3.78. The lowest BCUT2D eigenvalue weighted by atomic mass is 10.1. The van der Waals surface area contributed by atoms with E-state index in [0.29, 0.717) is 24.6 Å². The van der Waals surface area contributed by atoms with Gasteiger partial charge in [-0.2, -0.15) is 0 Å². The maximum atomic E-state index is 12.1. The van der Waals surface area contributed by atoms with Gasteiger partial charge in [0.15, 0.2) is 0 Å². The Balaban J connectivity index is 1.54. The molecule has 3 aromatic rings. The van der Waals surface area contributed by atoms with Crippen molar-refractivity contribution in [3.8, 4) is 11.3 Å². The summed E-state index contributed by atoms with van der Waals surface area (Å²) in [4.78, 5) is 33.3. The zero-order valence-electron chi connectivity index (χ0n) is 16.5. The molecule has 0 unspecified atom stereocenters. The van der Waals surface area contributed by atoms with E-state index < -0.39 is 0 Å². The van der Waals surface area contributed by atoms with Gasteiger partial charge in [0.25, 0.3) is 5.91 Å². The smallest absolute Gasteiger partial charge is 0.251 e. The molecule has 4 N–H and O–H groups in total. The Morgan fingerprint density at radius 2 is 1.90 bits per heavy atom. The van der Waals surface area contributed by atoms with Gasteiger partial charge in [-0.1, -0.05) is 18.2 Å². The van der Waals surface area contributed by atoms with Crippen LogP contribution in [-0.4, -0.2) is 41.9 Å². The second-order valence-electron chi connectivity index (χ2n) is 6.90. The quantitative estimate of drug-likeness (QED) is 0.472.